The van der Waals surface area contributed by atoms with E-state index in [0.717, 1.165) is 25.9 Å². The first-order valence-corrected chi connectivity index (χ1v) is 7.05. The van der Waals surface area contributed by atoms with Crippen molar-refractivity contribution >= 4 is 11.8 Å². The Labute approximate surface area is 118 Å². The molecule has 0 aromatic carbocycles. The molecule has 0 saturated carbocycles. The van der Waals surface area contributed by atoms with Gasteiger partial charge in [0.25, 0.3) is 5.91 Å². The molecule has 6 nitrogen and oxygen atoms in total. The van der Waals surface area contributed by atoms with Gasteiger partial charge in [0.15, 0.2) is 0 Å². The highest BCUT2D eigenvalue weighted by Crippen LogP contribution is 2.17. The maximum absolute atomic E-state index is 11.9. The van der Waals surface area contributed by atoms with Crippen molar-refractivity contribution in [2.45, 2.75) is 25.8 Å². The molecule has 2 atom stereocenters. The predicted octanol–water partition coefficient (Wildman–Crippen LogP) is 0.330. The third kappa shape index (κ3) is 3.68. The van der Waals surface area contributed by atoms with Crippen LogP contribution in [0.3, 0.4) is 0 Å². The van der Waals surface area contributed by atoms with Gasteiger partial charge < -0.3 is 10.7 Å². The number of nitrogens with two attached hydrogens (primary N) is 1. The standard InChI is InChI=1S/C14H22N4O2/c1-2-10-8-18(7-5-11(10)15)9-13(19)17-14(20)12-4-3-6-16-12/h3-4,6,10-11,16H,2,5,7-9,15H2,1H3,(H,17,19,20). The SMILES string of the molecule is CCC1CN(CC(=O)NC(=O)c2ccc[nH]2)CCC1N. The Balaban J connectivity index is 1.81. The average molecular weight is 278 g/mol. The number of hydrogen-bond acceptors (Lipinski definition) is 4. The highest BCUT2D eigenvalue weighted by atomic mass is 16.2. The summed E-state index contributed by atoms with van der Waals surface area (Å²) in [6.07, 6.45) is 3.56. The normalized spacial score (nSPS) is 23.5. The third-order valence-electron chi connectivity index (χ3n) is 3.86. The molecule has 0 bridgehead atoms. The molecule has 110 valence electrons. The number of carbonyl (C=O) groups excluding carboxylic acids is 2. The number of amides is 2. The number of aromatic nitrogens is 1. The van der Waals surface area contributed by atoms with Gasteiger partial charge in [-0.3, -0.25) is 19.8 Å². The molecular weight excluding hydrogens is 256 g/mol. The number of likely N-dealkylation sites (tertiary alicyclic amines) is 1. The lowest BCUT2D eigenvalue weighted by atomic mass is 9.91. The van der Waals surface area contributed by atoms with E-state index in [1.54, 1.807) is 18.3 Å². The molecule has 2 unspecified atom stereocenters. The zero-order chi connectivity index (χ0) is 14.5. The minimum absolute atomic E-state index is 0.222. The number of nitrogens with zero attached hydrogens (tertiary/aromatic N) is 1. The van der Waals surface area contributed by atoms with E-state index in [-0.39, 0.29) is 24.4 Å². The van der Waals surface area contributed by atoms with Crippen LogP contribution in [0.2, 0.25) is 0 Å². The lowest BCUT2D eigenvalue weighted by molar-refractivity contribution is -0.121. The van der Waals surface area contributed by atoms with E-state index in [0.29, 0.717) is 11.6 Å². The second-order valence-electron chi connectivity index (χ2n) is 5.32. The maximum Gasteiger partial charge on any atom is 0.274 e. The number of imide groups is 1. The quantitative estimate of drug-likeness (QED) is 0.740. The van der Waals surface area contributed by atoms with Gasteiger partial charge >= 0.3 is 0 Å². The van der Waals surface area contributed by atoms with Crippen LogP contribution in [0.5, 0.6) is 0 Å². The molecule has 1 aliphatic heterocycles. The molecule has 4 N–H and O–H groups in total. The van der Waals surface area contributed by atoms with Crippen LogP contribution in [0.15, 0.2) is 18.3 Å². The molecule has 1 saturated heterocycles. The molecule has 0 spiro atoms. The molecule has 1 aliphatic rings. The van der Waals surface area contributed by atoms with E-state index in [1.807, 2.05) is 0 Å². The Hall–Kier alpha value is -1.66. The molecule has 20 heavy (non-hydrogen) atoms. The zero-order valence-corrected chi connectivity index (χ0v) is 11.8. The summed E-state index contributed by atoms with van der Waals surface area (Å²) < 4.78 is 0. The summed E-state index contributed by atoms with van der Waals surface area (Å²) >= 11 is 0. The average Bonchev–Trinajstić information content (AvgIpc) is 2.95. The third-order valence-corrected chi connectivity index (χ3v) is 3.86. The van der Waals surface area contributed by atoms with E-state index in [9.17, 15) is 9.59 Å². The Morgan fingerprint density at radius 3 is 3.00 bits per heavy atom. The Bertz CT molecular complexity index is 458. The number of hydrogen-bond donors (Lipinski definition) is 3. The van der Waals surface area contributed by atoms with E-state index >= 15 is 0 Å². The van der Waals surface area contributed by atoms with Crippen molar-refractivity contribution in [3.05, 3.63) is 24.0 Å². The summed E-state index contributed by atoms with van der Waals surface area (Å²) in [5.74, 6) is -0.230. The lowest BCUT2D eigenvalue weighted by Gasteiger charge is -2.35. The predicted molar refractivity (Wildman–Crippen MR) is 76.1 cm³/mol. The summed E-state index contributed by atoms with van der Waals surface area (Å²) in [6, 6.07) is 3.58. The van der Waals surface area contributed by atoms with Crippen molar-refractivity contribution < 1.29 is 9.59 Å². The number of nitrogens with one attached hydrogen (secondary N) is 2. The van der Waals surface area contributed by atoms with Gasteiger partial charge in [-0.2, -0.15) is 0 Å². The van der Waals surface area contributed by atoms with E-state index < -0.39 is 0 Å². The molecule has 1 aromatic heterocycles. The number of H-pyrrole nitrogens is 1. The molecule has 0 radical (unpaired) electrons. The van der Waals surface area contributed by atoms with Gasteiger partial charge in [-0.1, -0.05) is 13.3 Å². The minimum Gasteiger partial charge on any atom is -0.357 e. The van der Waals surface area contributed by atoms with E-state index in [4.69, 9.17) is 5.73 Å². The number of carbonyl (C=O) groups is 2. The van der Waals surface area contributed by atoms with Crippen molar-refractivity contribution in [1.82, 2.24) is 15.2 Å². The van der Waals surface area contributed by atoms with Gasteiger partial charge in [0.05, 0.1) is 6.54 Å². The zero-order valence-electron chi connectivity index (χ0n) is 11.8. The highest BCUT2D eigenvalue weighted by Gasteiger charge is 2.26. The number of piperidine rings is 1. The first kappa shape index (κ1) is 14.7. The van der Waals surface area contributed by atoms with Gasteiger partial charge in [0.2, 0.25) is 5.91 Å². The molecule has 2 rings (SSSR count). The van der Waals surface area contributed by atoms with Gasteiger partial charge in [0, 0.05) is 25.3 Å². The Morgan fingerprint density at radius 2 is 2.35 bits per heavy atom. The fourth-order valence-corrected chi connectivity index (χ4v) is 2.61. The van der Waals surface area contributed by atoms with Gasteiger partial charge in [-0.25, -0.2) is 0 Å². The fraction of sp³-hybridized carbons (Fsp3) is 0.571. The molecule has 1 aromatic rings. The van der Waals surface area contributed by atoms with Crippen LogP contribution >= 0.6 is 0 Å². The molecule has 0 aliphatic carbocycles. The van der Waals surface area contributed by atoms with Gasteiger partial charge in [-0.15, -0.1) is 0 Å². The maximum atomic E-state index is 11.9. The van der Waals surface area contributed by atoms with Crippen molar-refractivity contribution in [3.8, 4) is 0 Å². The van der Waals surface area contributed by atoms with Crippen molar-refractivity contribution in [3.63, 3.8) is 0 Å². The van der Waals surface area contributed by atoms with Gasteiger partial charge in [0.1, 0.15) is 5.69 Å². The van der Waals surface area contributed by atoms with Crippen LogP contribution in [0.25, 0.3) is 0 Å². The van der Waals surface area contributed by atoms with Crippen molar-refractivity contribution in [2.75, 3.05) is 19.6 Å². The summed E-state index contributed by atoms with van der Waals surface area (Å²) in [4.78, 5) is 28.4. The van der Waals surface area contributed by atoms with E-state index in [1.165, 1.54) is 0 Å². The summed E-state index contributed by atoms with van der Waals surface area (Å²) in [7, 11) is 0. The van der Waals surface area contributed by atoms with Crippen LogP contribution in [0.4, 0.5) is 0 Å². The van der Waals surface area contributed by atoms with Crippen molar-refractivity contribution in [2.24, 2.45) is 11.7 Å². The molecular formula is C14H22N4O2. The molecule has 6 heteroatoms. The first-order chi connectivity index (χ1) is 9.60. The topological polar surface area (TPSA) is 91.2 Å². The smallest absolute Gasteiger partial charge is 0.274 e. The van der Waals surface area contributed by atoms with Gasteiger partial charge in [-0.05, 0) is 24.5 Å². The van der Waals surface area contributed by atoms with Crippen LogP contribution in [-0.2, 0) is 4.79 Å². The largest absolute Gasteiger partial charge is 0.357 e. The highest BCUT2D eigenvalue weighted by molar-refractivity contribution is 6.04. The van der Waals surface area contributed by atoms with Crippen LogP contribution < -0.4 is 11.1 Å². The summed E-state index contributed by atoms with van der Waals surface area (Å²) in [5.41, 5.74) is 6.44. The Morgan fingerprint density at radius 1 is 1.55 bits per heavy atom. The van der Waals surface area contributed by atoms with Crippen LogP contribution in [0.1, 0.15) is 30.3 Å². The van der Waals surface area contributed by atoms with E-state index in [2.05, 4.69) is 22.1 Å². The number of rotatable bonds is 4. The molecule has 2 heterocycles. The summed E-state index contributed by atoms with van der Waals surface area (Å²) in [6.45, 7) is 3.99. The molecule has 2 amide bonds. The van der Waals surface area contributed by atoms with Crippen LogP contribution in [0, 0.1) is 5.92 Å². The van der Waals surface area contributed by atoms with Crippen LogP contribution in [-0.4, -0.2) is 47.4 Å². The lowest BCUT2D eigenvalue weighted by Crippen LogP contribution is -2.50. The summed E-state index contributed by atoms with van der Waals surface area (Å²) in [5, 5.41) is 2.39. The Kier molecular flexibility index (Phi) is 4.92. The second-order valence-corrected chi connectivity index (χ2v) is 5.32. The molecule has 1 fully saturated rings. The first-order valence-electron chi connectivity index (χ1n) is 7.05. The minimum atomic E-state index is -0.388. The second kappa shape index (κ2) is 6.67. The fourth-order valence-electron chi connectivity index (χ4n) is 2.61. The monoisotopic (exact) mass is 278 g/mol. The van der Waals surface area contributed by atoms with Crippen molar-refractivity contribution in [1.29, 1.82) is 0 Å². The number of aromatic amines is 1.